The Morgan fingerprint density at radius 2 is 1.84 bits per heavy atom. The fourth-order valence-electron chi connectivity index (χ4n) is 2.28. The van der Waals surface area contributed by atoms with Crippen molar-refractivity contribution in [3.63, 3.8) is 0 Å². The second-order valence-electron chi connectivity index (χ2n) is 5.79. The van der Waals surface area contributed by atoms with Crippen LogP contribution in [0.3, 0.4) is 0 Å². The molecule has 0 radical (unpaired) electrons. The minimum Gasteiger partial charge on any atom is -0.497 e. The summed E-state index contributed by atoms with van der Waals surface area (Å²) in [6, 6.07) is 10.4. The summed E-state index contributed by atoms with van der Waals surface area (Å²) in [6.45, 7) is 5.46. The van der Waals surface area contributed by atoms with Crippen molar-refractivity contribution in [1.29, 1.82) is 0 Å². The molecular formula is C19H22N2O4. The van der Waals surface area contributed by atoms with Crippen molar-refractivity contribution < 1.29 is 19.1 Å². The zero-order valence-corrected chi connectivity index (χ0v) is 14.8. The molecule has 0 spiro atoms. The van der Waals surface area contributed by atoms with Gasteiger partial charge in [-0.1, -0.05) is 12.1 Å². The molecule has 1 unspecified atom stereocenters. The molecule has 6 nitrogen and oxygen atoms in total. The van der Waals surface area contributed by atoms with Crippen LogP contribution < -0.4 is 20.5 Å². The van der Waals surface area contributed by atoms with Crippen molar-refractivity contribution in [3.05, 3.63) is 53.1 Å². The molecule has 0 bridgehead atoms. The van der Waals surface area contributed by atoms with Crippen LogP contribution in [0.25, 0.3) is 0 Å². The zero-order chi connectivity index (χ0) is 18.6. The van der Waals surface area contributed by atoms with Crippen LogP contribution in [0.1, 0.15) is 28.4 Å². The lowest BCUT2D eigenvalue weighted by Crippen LogP contribution is -2.31. The van der Waals surface area contributed by atoms with E-state index in [4.69, 9.17) is 15.2 Å². The predicted molar refractivity (Wildman–Crippen MR) is 96.1 cm³/mol. The Labute approximate surface area is 146 Å². The van der Waals surface area contributed by atoms with E-state index in [0.717, 1.165) is 16.8 Å². The number of ether oxygens (including phenoxy) is 2. The number of hydrogen-bond donors (Lipinski definition) is 2. The van der Waals surface area contributed by atoms with Crippen molar-refractivity contribution in [1.82, 2.24) is 0 Å². The maximum absolute atomic E-state index is 12.4. The molecule has 2 amide bonds. The molecular weight excluding hydrogens is 320 g/mol. The summed E-state index contributed by atoms with van der Waals surface area (Å²) < 4.78 is 10.8. The maximum atomic E-state index is 12.4. The standard InChI is InChI=1S/C19H22N2O4/c1-11-5-6-12(2)16(9-11)21-19(23)13(3)25-17-10-14(24-4)7-8-15(17)18(20)22/h5-10,13H,1-4H3,(H2,20,22)(H,21,23). The van der Waals surface area contributed by atoms with Gasteiger partial charge in [0.15, 0.2) is 6.10 Å². The lowest BCUT2D eigenvalue weighted by molar-refractivity contribution is -0.122. The third-order valence-corrected chi connectivity index (χ3v) is 3.78. The van der Waals surface area contributed by atoms with Gasteiger partial charge in [-0.05, 0) is 50.1 Å². The predicted octanol–water partition coefficient (Wildman–Crippen LogP) is 2.82. The van der Waals surface area contributed by atoms with E-state index in [1.54, 1.807) is 13.0 Å². The van der Waals surface area contributed by atoms with E-state index in [2.05, 4.69) is 5.32 Å². The number of primary amides is 1. The number of hydrogen-bond acceptors (Lipinski definition) is 4. The van der Waals surface area contributed by atoms with Gasteiger partial charge in [-0.2, -0.15) is 0 Å². The zero-order valence-electron chi connectivity index (χ0n) is 14.8. The molecule has 0 aliphatic rings. The first-order chi connectivity index (χ1) is 11.8. The summed E-state index contributed by atoms with van der Waals surface area (Å²) in [5.74, 6) is -0.260. The summed E-state index contributed by atoms with van der Waals surface area (Å²) in [7, 11) is 1.50. The average molecular weight is 342 g/mol. The van der Waals surface area contributed by atoms with E-state index in [-0.39, 0.29) is 17.2 Å². The Hall–Kier alpha value is -3.02. The van der Waals surface area contributed by atoms with Crippen LogP contribution in [0.4, 0.5) is 5.69 Å². The van der Waals surface area contributed by atoms with Crippen molar-refractivity contribution in [2.75, 3.05) is 12.4 Å². The topological polar surface area (TPSA) is 90.7 Å². The number of aryl methyl sites for hydroxylation is 2. The molecule has 25 heavy (non-hydrogen) atoms. The Balaban J connectivity index is 2.18. The fourth-order valence-corrected chi connectivity index (χ4v) is 2.28. The maximum Gasteiger partial charge on any atom is 0.265 e. The second kappa shape index (κ2) is 7.70. The van der Waals surface area contributed by atoms with Crippen molar-refractivity contribution in [2.45, 2.75) is 26.9 Å². The largest absolute Gasteiger partial charge is 0.497 e. The Kier molecular flexibility index (Phi) is 5.64. The van der Waals surface area contributed by atoms with E-state index >= 15 is 0 Å². The van der Waals surface area contributed by atoms with E-state index < -0.39 is 12.0 Å². The highest BCUT2D eigenvalue weighted by Crippen LogP contribution is 2.26. The summed E-state index contributed by atoms with van der Waals surface area (Å²) >= 11 is 0. The SMILES string of the molecule is COc1ccc(C(N)=O)c(OC(C)C(=O)Nc2cc(C)ccc2C)c1. The van der Waals surface area contributed by atoms with Crippen LogP contribution in [0.15, 0.2) is 36.4 Å². The van der Waals surface area contributed by atoms with Gasteiger partial charge < -0.3 is 20.5 Å². The highest BCUT2D eigenvalue weighted by molar-refractivity contribution is 5.97. The lowest BCUT2D eigenvalue weighted by Gasteiger charge is -2.18. The average Bonchev–Trinajstić information content (AvgIpc) is 2.57. The number of carbonyl (C=O) groups is 2. The van der Waals surface area contributed by atoms with Gasteiger partial charge in [0.25, 0.3) is 11.8 Å². The smallest absolute Gasteiger partial charge is 0.265 e. The number of nitrogens with two attached hydrogens (primary N) is 1. The van der Waals surface area contributed by atoms with E-state index in [1.807, 2.05) is 32.0 Å². The molecule has 6 heteroatoms. The summed E-state index contributed by atoms with van der Waals surface area (Å²) in [5, 5.41) is 2.84. The minimum absolute atomic E-state index is 0.187. The highest BCUT2D eigenvalue weighted by atomic mass is 16.5. The molecule has 0 aromatic heterocycles. The Morgan fingerprint density at radius 1 is 1.12 bits per heavy atom. The van der Waals surface area contributed by atoms with Gasteiger partial charge in [0.1, 0.15) is 11.5 Å². The van der Waals surface area contributed by atoms with Crippen LogP contribution in [0.5, 0.6) is 11.5 Å². The van der Waals surface area contributed by atoms with Gasteiger partial charge in [-0.25, -0.2) is 0 Å². The van der Waals surface area contributed by atoms with E-state index in [9.17, 15) is 9.59 Å². The lowest BCUT2D eigenvalue weighted by atomic mass is 10.1. The molecule has 3 N–H and O–H groups in total. The third kappa shape index (κ3) is 4.50. The first-order valence-electron chi connectivity index (χ1n) is 7.84. The van der Waals surface area contributed by atoms with Gasteiger partial charge in [-0.15, -0.1) is 0 Å². The first-order valence-corrected chi connectivity index (χ1v) is 7.84. The fraction of sp³-hybridized carbons (Fsp3) is 0.263. The number of nitrogens with one attached hydrogen (secondary N) is 1. The van der Waals surface area contributed by atoms with Crippen molar-refractivity contribution >= 4 is 17.5 Å². The van der Waals surface area contributed by atoms with Crippen LogP contribution in [0.2, 0.25) is 0 Å². The third-order valence-electron chi connectivity index (χ3n) is 3.78. The molecule has 1 atom stereocenters. The number of methoxy groups -OCH3 is 1. The minimum atomic E-state index is -0.829. The number of carbonyl (C=O) groups excluding carboxylic acids is 2. The molecule has 0 saturated carbocycles. The van der Waals surface area contributed by atoms with Gasteiger partial charge >= 0.3 is 0 Å². The molecule has 0 fully saturated rings. The highest BCUT2D eigenvalue weighted by Gasteiger charge is 2.19. The number of benzene rings is 2. The molecule has 0 saturated heterocycles. The van der Waals surface area contributed by atoms with Gasteiger partial charge in [0.2, 0.25) is 0 Å². The summed E-state index contributed by atoms with van der Waals surface area (Å²) in [5.41, 5.74) is 8.26. The molecule has 0 aliphatic carbocycles. The van der Waals surface area contributed by atoms with Crippen LogP contribution in [-0.2, 0) is 4.79 Å². The van der Waals surface area contributed by atoms with Crippen LogP contribution in [-0.4, -0.2) is 25.0 Å². The molecule has 2 aromatic rings. The number of amides is 2. The van der Waals surface area contributed by atoms with Crippen molar-refractivity contribution in [3.8, 4) is 11.5 Å². The van der Waals surface area contributed by atoms with Crippen LogP contribution >= 0.6 is 0 Å². The monoisotopic (exact) mass is 342 g/mol. The summed E-state index contributed by atoms with van der Waals surface area (Å²) in [6.07, 6.45) is -0.829. The molecule has 0 aliphatic heterocycles. The normalized spacial score (nSPS) is 11.5. The quantitative estimate of drug-likeness (QED) is 0.844. The van der Waals surface area contributed by atoms with Gasteiger partial charge in [-0.3, -0.25) is 9.59 Å². The number of anilines is 1. The molecule has 2 rings (SSSR count). The Morgan fingerprint density at radius 3 is 2.48 bits per heavy atom. The van der Waals surface area contributed by atoms with Crippen molar-refractivity contribution in [2.24, 2.45) is 5.73 Å². The van der Waals surface area contributed by atoms with Gasteiger partial charge in [0, 0.05) is 11.8 Å². The molecule has 132 valence electrons. The summed E-state index contributed by atoms with van der Waals surface area (Å²) in [4.78, 5) is 24.0. The van der Waals surface area contributed by atoms with E-state index in [1.165, 1.54) is 19.2 Å². The molecule has 2 aromatic carbocycles. The van der Waals surface area contributed by atoms with Crippen LogP contribution in [0, 0.1) is 13.8 Å². The van der Waals surface area contributed by atoms with E-state index in [0.29, 0.717) is 5.75 Å². The second-order valence-corrected chi connectivity index (χ2v) is 5.79. The Bertz CT molecular complexity index is 802. The first kappa shape index (κ1) is 18.3. The molecule has 0 heterocycles. The number of rotatable bonds is 6. The van der Waals surface area contributed by atoms with Gasteiger partial charge in [0.05, 0.1) is 12.7 Å².